The van der Waals surface area contributed by atoms with Crippen molar-refractivity contribution >= 4 is 6.09 Å². The maximum absolute atomic E-state index is 11.8. The van der Waals surface area contributed by atoms with Gasteiger partial charge in [-0.05, 0) is 27.2 Å². The lowest BCUT2D eigenvalue weighted by molar-refractivity contribution is -0.106. The number of nitrogens with zero attached hydrogens (tertiary/aromatic N) is 1. The second-order valence-electron chi connectivity index (χ2n) is 6.32. The molecule has 2 aliphatic rings. The van der Waals surface area contributed by atoms with Gasteiger partial charge in [-0.3, -0.25) is 0 Å². The predicted molar refractivity (Wildman–Crippen MR) is 63.7 cm³/mol. The van der Waals surface area contributed by atoms with Crippen LogP contribution < -0.4 is 5.73 Å². The molecule has 1 atom stereocenters. The van der Waals surface area contributed by atoms with Gasteiger partial charge in [0.15, 0.2) is 0 Å². The molecule has 2 heterocycles. The number of likely N-dealkylation sites (tertiary alicyclic amines) is 1. The van der Waals surface area contributed by atoms with Crippen molar-refractivity contribution in [2.75, 3.05) is 26.3 Å². The molecule has 0 aromatic rings. The number of rotatable bonds is 0. The third kappa shape index (κ3) is 2.90. The van der Waals surface area contributed by atoms with E-state index in [2.05, 4.69) is 0 Å². The first-order chi connectivity index (χ1) is 7.80. The quantitative estimate of drug-likeness (QED) is 0.687. The van der Waals surface area contributed by atoms with Crippen LogP contribution in [0.5, 0.6) is 0 Å². The van der Waals surface area contributed by atoms with Crippen LogP contribution in [0, 0.1) is 5.41 Å². The van der Waals surface area contributed by atoms with Gasteiger partial charge in [-0.15, -0.1) is 0 Å². The second-order valence-corrected chi connectivity index (χ2v) is 6.32. The molecule has 0 saturated carbocycles. The van der Waals surface area contributed by atoms with E-state index in [1.165, 1.54) is 0 Å². The molecule has 2 fully saturated rings. The minimum absolute atomic E-state index is 0.0779. The van der Waals surface area contributed by atoms with Crippen molar-refractivity contribution in [2.45, 2.75) is 38.8 Å². The van der Waals surface area contributed by atoms with Crippen LogP contribution in [-0.2, 0) is 9.47 Å². The highest BCUT2D eigenvalue weighted by molar-refractivity contribution is 5.69. The van der Waals surface area contributed by atoms with Gasteiger partial charge in [-0.2, -0.15) is 0 Å². The van der Waals surface area contributed by atoms with Crippen LogP contribution >= 0.6 is 0 Å². The van der Waals surface area contributed by atoms with Crippen LogP contribution in [0.25, 0.3) is 0 Å². The molecule has 17 heavy (non-hydrogen) atoms. The molecule has 1 spiro atoms. The van der Waals surface area contributed by atoms with Gasteiger partial charge in [0.2, 0.25) is 0 Å². The molecule has 2 saturated heterocycles. The molecule has 0 aromatic heterocycles. The van der Waals surface area contributed by atoms with Crippen molar-refractivity contribution in [2.24, 2.45) is 11.1 Å². The summed E-state index contributed by atoms with van der Waals surface area (Å²) in [5.41, 5.74) is 5.53. The Morgan fingerprint density at radius 3 is 2.65 bits per heavy atom. The average Bonchev–Trinajstić information content (AvgIpc) is 2.10. The molecule has 98 valence electrons. The van der Waals surface area contributed by atoms with Crippen LogP contribution in [0.3, 0.4) is 0 Å². The lowest BCUT2D eigenvalue weighted by Crippen LogP contribution is -2.64. The monoisotopic (exact) mass is 242 g/mol. The summed E-state index contributed by atoms with van der Waals surface area (Å²) < 4.78 is 10.8. The summed E-state index contributed by atoms with van der Waals surface area (Å²) in [6, 6.07) is 0.101. The van der Waals surface area contributed by atoms with Crippen LogP contribution in [0.15, 0.2) is 0 Å². The van der Waals surface area contributed by atoms with Crippen molar-refractivity contribution < 1.29 is 14.3 Å². The van der Waals surface area contributed by atoms with Gasteiger partial charge >= 0.3 is 6.09 Å². The number of ether oxygens (including phenoxy) is 2. The zero-order valence-electron chi connectivity index (χ0n) is 10.9. The largest absolute Gasteiger partial charge is 0.444 e. The third-order valence-electron chi connectivity index (χ3n) is 3.14. The van der Waals surface area contributed by atoms with Gasteiger partial charge in [0.25, 0.3) is 0 Å². The molecule has 2 rings (SSSR count). The van der Waals surface area contributed by atoms with Crippen molar-refractivity contribution in [3.05, 3.63) is 0 Å². The number of hydrogen-bond donors (Lipinski definition) is 1. The zero-order valence-corrected chi connectivity index (χ0v) is 10.9. The van der Waals surface area contributed by atoms with Crippen LogP contribution in [0.2, 0.25) is 0 Å². The molecular formula is C12H22N2O3. The van der Waals surface area contributed by atoms with E-state index in [1.54, 1.807) is 4.90 Å². The summed E-state index contributed by atoms with van der Waals surface area (Å²) >= 11 is 0. The number of amides is 1. The summed E-state index contributed by atoms with van der Waals surface area (Å²) in [5.74, 6) is 0. The Labute approximate surface area is 102 Å². The van der Waals surface area contributed by atoms with E-state index < -0.39 is 5.60 Å². The van der Waals surface area contributed by atoms with Gasteiger partial charge in [-0.25, -0.2) is 4.79 Å². The Balaban J connectivity index is 1.83. The maximum atomic E-state index is 11.8. The fourth-order valence-corrected chi connectivity index (χ4v) is 2.54. The summed E-state index contributed by atoms with van der Waals surface area (Å²) in [6.45, 7) is 8.37. The van der Waals surface area contributed by atoms with Crippen LogP contribution in [0.1, 0.15) is 27.2 Å². The molecule has 0 bridgehead atoms. The Hall–Kier alpha value is -0.810. The van der Waals surface area contributed by atoms with Gasteiger partial charge in [0.05, 0.1) is 13.2 Å². The highest BCUT2D eigenvalue weighted by Gasteiger charge is 2.49. The Bertz CT molecular complexity index is 305. The molecule has 0 aliphatic carbocycles. The summed E-state index contributed by atoms with van der Waals surface area (Å²) in [7, 11) is 0. The lowest BCUT2D eigenvalue weighted by atomic mass is 9.74. The van der Waals surface area contributed by atoms with Crippen molar-refractivity contribution in [1.29, 1.82) is 0 Å². The first-order valence-corrected chi connectivity index (χ1v) is 6.11. The Kier molecular flexibility index (Phi) is 3.08. The zero-order chi connectivity index (χ0) is 12.7. The van der Waals surface area contributed by atoms with Gasteiger partial charge < -0.3 is 20.1 Å². The van der Waals surface area contributed by atoms with E-state index in [-0.39, 0.29) is 17.6 Å². The van der Waals surface area contributed by atoms with Gasteiger partial charge in [0, 0.05) is 24.5 Å². The predicted octanol–water partition coefficient (Wildman–Crippen LogP) is 0.971. The second kappa shape index (κ2) is 4.14. The maximum Gasteiger partial charge on any atom is 0.410 e. The molecule has 2 N–H and O–H groups in total. The smallest absolute Gasteiger partial charge is 0.410 e. The highest BCUT2D eigenvalue weighted by Crippen LogP contribution is 2.38. The molecule has 2 aliphatic heterocycles. The number of carbonyl (C=O) groups is 1. The van der Waals surface area contributed by atoms with Crippen molar-refractivity contribution in [3.8, 4) is 0 Å². The van der Waals surface area contributed by atoms with Crippen molar-refractivity contribution in [1.82, 2.24) is 4.90 Å². The fourth-order valence-electron chi connectivity index (χ4n) is 2.54. The Morgan fingerprint density at radius 1 is 1.47 bits per heavy atom. The first-order valence-electron chi connectivity index (χ1n) is 6.11. The lowest BCUT2D eigenvalue weighted by Gasteiger charge is -2.52. The van der Waals surface area contributed by atoms with Crippen molar-refractivity contribution in [3.63, 3.8) is 0 Å². The highest BCUT2D eigenvalue weighted by atomic mass is 16.6. The summed E-state index contributed by atoms with van der Waals surface area (Å²) in [5, 5.41) is 0. The molecule has 0 aromatic carbocycles. The van der Waals surface area contributed by atoms with E-state index >= 15 is 0 Å². The van der Waals surface area contributed by atoms with E-state index in [4.69, 9.17) is 15.2 Å². The summed E-state index contributed by atoms with van der Waals surface area (Å²) in [4.78, 5) is 13.5. The van der Waals surface area contributed by atoms with E-state index in [0.29, 0.717) is 26.3 Å². The van der Waals surface area contributed by atoms with Gasteiger partial charge in [0.1, 0.15) is 5.60 Å². The normalized spacial score (nSPS) is 27.8. The van der Waals surface area contributed by atoms with Gasteiger partial charge in [-0.1, -0.05) is 0 Å². The Morgan fingerprint density at radius 2 is 2.12 bits per heavy atom. The molecule has 1 amide bonds. The molecule has 5 nitrogen and oxygen atoms in total. The minimum atomic E-state index is -0.431. The van der Waals surface area contributed by atoms with Crippen LogP contribution in [0.4, 0.5) is 4.79 Å². The SMILES string of the molecule is CC(C)(C)OC(=O)N1CC2(COCC(N)C2)C1. The molecule has 1 unspecified atom stereocenters. The summed E-state index contributed by atoms with van der Waals surface area (Å²) in [6.07, 6.45) is 0.703. The fraction of sp³-hybridized carbons (Fsp3) is 0.917. The van der Waals surface area contributed by atoms with Crippen LogP contribution in [-0.4, -0.2) is 48.9 Å². The molecule has 0 radical (unpaired) electrons. The topological polar surface area (TPSA) is 64.8 Å². The van der Waals surface area contributed by atoms with E-state index in [1.807, 2.05) is 20.8 Å². The molecular weight excluding hydrogens is 220 g/mol. The van der Waals surface area contributed by atoms with E-state index in [9.17, 15) is 4.79 Å². The third-order valence-corrected chi connectivity index (χ3v) is 3.14. The first kappa shape index (κ1) is 12.6. The van der Waals surface area contributed by atoms with E-state index in [0.717, 1.165) is 6.42 Å². The standard InChI is InChI=1S/C12H22N2O3/c1-11(2,3)17-10(15)14-6-12(7-14)4-9(13)5-16-8-12/h9H,4-8,13H2,1-3H3. The molecule has 5 heteroatoms. The number of nitrogens with two attached hydrogens (primary N) is 1. The average molecular weight is 242 g/mol. The number of hydrogen-bond acceptors (Lipinski definition) is 4. The number of carbonyl (C=O) groups excluding carboxylic acids is 1. The minimum Gasteiger partial charge on any atom is -0.444 e.